The van der Waals surface area contributed by atoms with Crippen LogP contribution in [0.4, 0.5) is 11.4 Å². The Kier molecular flexibility index (Phi) is 4.93. The molecule has 0 aromatic carbocycles. The largest absolute Gasteiger partial charge is 0.384 e. The second-order valence-corrected chi connectivity index (χ2v) is 4.98. The Balaban J connectivity index is 2.06. The van der Waals surface area contributed by atoms with Crippen LogP contribution in [0.2, 0.25) is 0 Å². The van der Waals surface area contributed by atoms with E-state index in [0.29, 0.717) is 0 Å². The molecule has 106 valence electrons. The summed E-state index contributed by atoms with van der Waals surface area (Å²) in [4.78, 5) is 11.0. The zero-order valence-corrected chi connectivity index (χ0v) is 12.4. The van der Waals surface area contributed by atoms with Gasteiger partial charge in [0.25, 0.3) is 0 Å². The lowest BCUT2D eigenvalue weighted by atomic mass is 10.2. The number of pyridine rings is 2. The Hall–Kier alpha value is -2.10. The molecule has 1 N–H and O–H groups in total. The summed E-state index contributed by atoms with van der Waals surface area (Å²) in [5, 5.41) is 3.36. The number of rotatable bonds is 6. The first-order chi connectivity index (χ1) is 9.69. The minimum Gasteiger partial charge on any atom is -0.384 e. The average molecular weight is 270 g/mol. The fraction of sp³-hybridized carbons (Fsp3) is 0.375. The molecule has 0 unspecified atom stereocenters. The van der Waals surface area contributed by atoms with Crippen LogP contribution in [0, 0.1) is 6.92 Å². The zero-order chi connectivity index (χ0) is 14.4. The molecule has 0 saturated carbocycles. The molecule has 2 rings (SSSR count). The molecule has 0 amide bonds. The fourth-order valence-corrected chi connectivity index (χ4v) is 2.02. The maximum absolute atomic E-state index is 4.53. The number of hydrogen-bond donors (Lipinski definition) is 1. The van der Waals surface area contributed by atoms with Crippen molar-refractivity contribution in [2.24, 2.45) is 0 Å². The maximum Gasteiger partial charge on any atom is 0.0600 e. The van der Waals surface area contributed by atoms with Gasteiger partial charge in [-0.05, 0) is 31.5 Å². The average Bonchev–Trinajstić information content (AvgIpc) is 2.45. The van der Waals surface area contributed by atoms with E-state index in [-0.39, 0.29) is 0 Å². The van der Waals surface area contributed by atoms with Crippen LogP contribution in [-0.4, -0.2) is 23.6 Å². The third-order valence-corrected chi connectivity index (χ3v) is 3.09. The number of nitrogens with one attached hydrogen (secondary N) is 1. The van der Waals surface area contributed by atoms with E-state index in [4.69, 9.17) is 0 Å². The summed E-state index contributed by atoms with van der Waals surface area (Å²) < 4.78 is 0. The molecule has 0 spiro atoms. The highest BCUT2D eigenvalue weighted by Crippen LogP contribution is 2.18. The molecule has 2 heterocycles. The summed E-state index contributed by atoms with van der Waals surface area (Å²) in [5.74, 6) is 0. The van der Waals surface area contributed by atoms with Crippen LogP contribution in [0.5, 0.6) is 0 Å². The Bertz CT molecular complexity index is 554. The minimum atomic E-state index is 0.778. The van der Waals surface area contributed by atoms with Crippen molar-refractivity contribution in [3.8, 4) is 0 Å². The maximum atomic E-state index is 4.53. The Labute approximate surface area is 120 Å². The Morgan fingerprint density at radius 2 is 2.10 bits per heavy atom. The van der Waals surface area contributed by atoms with Gasteiger partial charge in [-0.3, -0.25) is 9.97 Å². The Morgan fingerprint density at radius 3 is 2.85 bits per heavy atom. The molecule has 4 nitrogen and oxygen atoms in total. The van der Waals surface area contributed by atoms with Gasteiger partial charge >= 0.3 is 0 Å². The highest BCUT2D eigenvalue weighted by Gasteiger charge is 2.05. The van der Waals surface area contributed by atoms with E-state index in [1.165, 1.54) is 0 Å². The molecule has 0 saturated heterocycles. The monoisotopic (exact) mass is 270 g/mol. The van der Waals surface area contributed by atoms with Gasteiger partial charge in [0.2, 0.25) is 0 Å². The van der Waals surface area contributed by atoms with Crippen molar-refractivity contribution < 1.29 is 0 Å². The molecular formula is C16H22N4. The third-order valence-electron chi connectivity index (χ3n) is 3.09. The van der Waals surface area contributed by atoms with Crippen LogP contribution in [0.3, 0.4) is 0 Å². The zero-order valence-electron chi connectivity index (χ0n) is 12.4. The third kappa shape index (κ3) is 3.95. The van der Waals surface area contributed by atoms with Gasteiger partial charge in [-0.2, -0.15) is 0 Å². The van der Waals surface area contributed by atoms with E-state index >= 15 is 0 Å². The molecule has 0 aliphatic rings. The van der Waals surface area contributed by atoms with Crippen molar-refractivity contribution in [1.82, 2.24) is 9.97 Å². The first-order valence-electron chi connectivity index (χ1n) is 7.01. The van der Waals surface area contributed by atoms with Gasteiger partial charge in [-0.1, -0.05) is 13.0 Å². The lowest BCUT2D eigenvalue weighted by molar-refractivity contribution is 0.873. The van der Waals surface area contributed by atoms with Gasteiger partial charge in [0.15, 0.2) is 0 Å². The van der Waals surface area contributed by atoms with E-state index in [2.05, 4.69) is 46.3 Å². The predicted molar refractivity (Wildman–Crippen MR) is 84.1 cm³/mol. The molecule has 20 heavy (non-hydrogen) atoms. The second kappa shape index (κ2) is 6.89. The van der Waals surface area contributed by atoms with Crippen LogP contribution in [0.1, 0.15) is 24.7 Å². The van der Waals surface area contributed by atoms with Gasteiger partial charge in [0.1, 0.15) is 0 Å². The molecule has 4 heteroatoms. The van der Waals surface area contributed by atoms with E-state index in [1.807, 2.05) is 31.5 Å². The SMILES string of the molecule is CCCNc1cncc(N(C)Cc2cccc(C)n2)c1. The normalized spacial score (nSPS) is 10.3. The van der Waals surface area contributed by atoms with Crippen molar-refractivity contribution >= 4 is 11.4 Å². The molecule has 0 atom stereocenters. The Morgan fingerprint density at radius 1 is 1.25 bits per heavy atom. The van der Waals surface area contributed by atoms with Crippen molar-refractivity contribution in [3.05, 3.63) is 48.0 Å². The van der Waals surface area contributed by atoms with E-state index in [1.54, 1.807) is 0 Å². The summed E-state index contributed by atoms with van der Waals surface area (Å²) in [6.45, 7) is 5.91. The topological polar surface area (TPSA) is 41.1 Å². The fourth-order valence-electron chi connectivity index (χ4n) is 2.02. The summed E-state index contributed by atoms with van der Waals surface area (Å²) in [5.41, 5.74) is 4.27. The van der Waals surface area contributed by atoms with Crippen LogP contribution < -0.4 is 10.2 Å². The molecule has 2 aromatic heterocycles. The lowest BCUT2D eigenvalue weighted by Crippen LogP contribution is -2.17. The van der Waals surface area contributed by atoms with Crippen LogP contribution in [-0.2, 0) is 6.54 Å². The van der Waals surface area contributed by atoms with Gasteiger partial charge in [-0.25, -0.2) is 0 Å². The number of nitrogens with zero attached hydrogens (tertiary/aromatic N) is 3. The molecule has 0 radical (unpaired) electrons. The van der Waals surface area contributed by atoms with Gasteiger partial charge < -0.3 is 10.2 Å². The van der Waals surface area contributed by atoms with Crippen molar-refractivity contribution in [2.45, 2.75) is 26.8 Å². The number of aromatic nitrogens is 2. The summed E-state index contributed by atoms with van der Waals surface area (Å²) in [6.07, 6.45) is 4.85. The molecule has 2 aromatic rings. The van der Waals surface area contributed by atoms with Crippen LogP contribution in [0.15, 0.2) is 36.7 Å². The van der Waals surface area contributed by atoms with Crippen molar-refractivity contribution in [2.75, 3.05) is 23.8 Å². The number of aryl methyl sites for hydroxylation is 1. The first kappa shape index (κ1) is 14.3. The second-order valence-electron chi connectivity index (χ2n) is 4.98. The summed E-state index contributed by atoms with van der Waals surface area (Å²) >= 11 is 0. The van der Waals surface area contributed by atoms with E-state index in [9.17, 15) is 0 Å². The predicted octanol–water partition coefficient (Wildman–Crippen LogP) is 3.24. The van der Waals surface area contributed by atoms with Gasteiger partial charge in [0, 0.05) is 19.3 Å². The summed E-state index contributed by atoms with van der Waals surface area (Å²) in [6, 6.07) is 8.23. The highest BCUT2D eigenvalue weighted by atomic mass is 15.1. The number of hydrogen-bond acceptors (Lipinski definition) is 4. The quantitative estimate of drug-likeness (QED) is 0.875. The van der Waals surface area contributed by atoms with Gasteiger partial charge in [0.05, 0.1) is 36.0 Å². The molecule has 0 aliphatic carbocycles. The smallest absolute Gasteiger partial charge is 0.0600 e. The molecular weight excluding hydrogens is 248 g/mol. The van der Waals surface area contributed by atoms with Crippen LogP contribution >= 0.6 is 0 Å². The van der Waals surface area contributed by atoms with Gasteiger partial charge in [-0.15, -0.1) is 0 Å². The van der Waals surface area contributed by atoms with E-state index in [0.717, 1.165) is 42.3 Å². The molecule has 0 fully saturated rings. The van der Waals surface area contributed by atoms with Crippen molar-refractivity contribution in [3.63, 3.8) is 0 Å². The van der Waals surface area contributed by atoms with Crippen molar-refractivity contribution in [1.29, 1.82) is 0 Å². The lowest BCUT2D eigenvalue weighted by Gasteiger charge is -2.19. The van der Waals surface area contributed by atoms with Crippen LogP contribution in [0.25, 0.3) is 0 Å². The van der Waals surface area contributed by atoms with E-state index < -0.39 is 0 Å². The number of anilines is 2. The first-order valence-corrected chi connectivity index (χ1v) is 7.01. The molecule has 0 aliphatic heterocycles. The highest BCUT2D eigenvalue weighted by molar-refractivity contribution is 5.55. The molecule has 0 bridgehead atoms. The summed E-state index contributed by atoms with van der Waals surface area (Å²) in [7, 11) is 2.06. The standard InChI is InChI=1S/C16H22N4/c1-4-8-18-15-9-16(11-17-10-15)20(3)12-14-7-5-6-13(2)19-14/h5-7,9-11,18H,4,8,12H2,1-3H3. The minimum absolute atomic E-state index is 0.778.